The van der Waals surface area contributed by atoms with Crippen molar-refractivity contribution in [2.24, 2.45) is 5.92 Å². The van der Waals surface area contributed by atoms with Crippen molar-refractivity contribution in [3.63, 3.8) is 0 Å². The van der Waals surface area contributed by atoms with Crippen LogP contribution in [0.5, 0.6) is 0 Å². The number of alkyl carbamates (subject to hydrolysis) is 1. The predicted octanol–water partition coefficient (Wildman–Crippen LogP) is 1.36. The topological polar surface area (TPSA) is 114 Å². The lowest BCUT2D eigenvalue weighted by Gasteiger charge is -2.32. The quantitative estimate of drug-likeness (QED) is 0.757. The van der Waals surface area contributed by atoms with E-state index in [-0.39, 0.29) is 24.8 Å². The summed E-state index contributed by atoms with van der Waals surface area (Å²) in [5.41, 5.74) is -0.258. The minimum atomic E-state index is -0.557. The molecule has 0 aliphatic carbocycles. The molecule has 9 heteroatoms. The summed E-state index contributed by atoms with van der Waals surface area (Å²) in [5, 5.41) is 5.47. The van der Waals surface area contributed by atoms with E-state index in [4.69, 9.17) is 4.74 Å². The molecule has 0 saturated carbocycles. The number of likely N-dealkylation sites (tertiary alicyclic amines) is 1. The Kier molecular flexibility index (Phi) is 7.71. The van der Waals surface area contributed by atoms with Gasteiger partial charge in [0.2, 0.25) is 5.91 Å². The van der Waals surface area contributed by atoms with Gasteiger partial charge in [-0.3, -0.25) is 14.6 Å². The summed E-state index contributed by atoms with van der Waals surface area (Å²) in [6.45, 7) is 7.47. The van der Waals surface area contributed by atoms with Crippen LogP contribution in [0.25, 0.3) is 0 Å². The van der Waals surface area contributed by atoms with Crippen LogP contribution < -0.4 is 10.6 Å². The minimum absolute atomic E-state index is 0.0121. The highest BCUT2D eigenvalue weighted by molar-refractivity contribution is 5.91. The molecule has 0 radical (unpaired) electrons. The van der Waals surface area contributed by atoms with E-state index in [0.717, 1.165) is 12.8 Å². The van der Waals surface area contributed by atoms with Crippen molar-refractivity contribution in [1.82, 2.24) is 25.5 Å². The van der Waals surface area contributed by atoms with Gasteiger partial charge in [-0.1, -0.05) is 0 Å². The van der Waals surface area contributed by atoms with Gasteiger partial charge in [0.1, 0.15) is 11.3 Å². The summed E-state index contributed by atoms with van der Waals surface area (Å²) in [7, 11) is 0. The molecule has 2 rings (SSSR count). The summed E-state index contributed by atoms with van der Waals surface area (Å²) >= 11 is 0. The lowest BCUT2D eigenvalue weighted by Crippen LogP contribution is -2.42. The third-order valence-electron chi connectivity index (χ3n) is 4.32. The maximum atomic E-state index is 12.3. The van der Waals surface area contributed by atoms with Crippen molar-refractivity contribution in [2.75, 3.05) is 26.2 Å². The highest BCUT2D eigenvalue weighted by Gasteiger charge is 2.23. The Hall–Kier alpha value is -2.71. The third kappa shape index (κ3) is 7.50. The largest absolute Gasteiger partial charge is 0.444 e. The number of rotatable bonds is 6. The Labute approximate surface area is 165 Å². The van der Waals surface area contributed by atoms with Crippen LogP contribution in [-0.2, 0) is 9.53 Å². The molecule has 154 valence electrons. The van der Waals surface area contributed by atoms with Gasteiger partial charge in [-0.05, 0) is 39.5 Å². The molecule has 3 amide bonds. The van der Waals surface area contributed by atoms with Gasteiger partial charge in [0, 0.05) is 45.0 Å². The van der Waals surface area contributed by atoms with Crippen molar-refractivity contribution in [1.29, 1.82) is 0 Å². The van der Waals surface area contributed by atoms with Gasteiger partial charge in [0.15, 0.2) is 0 Å². The molecule has 1 aliphatic heterocycles. The molecule has 0 bridgehead atoms. The Bertz CT molecular complexity index is 667. The molecule has 2 N–H and O–H groups in total. The van der Waals surface area contributed by atoms with Crippen LogP contribution in [0.1, 0.15) is 50.5 Å². The Morgan fingerprint density at radius 3 is 2.50 bits per heavy atom. The molecule has 28 heavy (non-hydrogen) atoms. The van der Waals surface area contributed by atoms with Crippen LogP contribution in [0.4, 0.5) is 4.79 Å². The maximum absolute atomic E-state index is 12.3. The highest BCUT2D eigenvalue weighted by Crippen LogP contribution is 2.17. The molecule has 1 fully saturated rings. The fraction of sp³-hybridized carbons (Fsp3) is 0.632. The zero-order valence-corrected chi connectivity index (χ0v) is 16.7. The number of nitrogens with zero attached hydrogens (tertiary/aromatic N) is 3. The molecule has 0 atom stereocenters. The summed E-state index contributed by atoms with van der Waals surface area (Å²) < 4.78 is 5.14. The maximum Gasteiger partial charge on any atom is 0.407 e. The molecular weight excluding hydrogens is 362 g/mol. The number of hydrogen-bond donors (Lipinski definition) is 2. The zero-order chi connectivity index (χ0) is 20.6. The standard InChI is InChI=1S/C19H29N5O4/c1-19(2,3)28-18(27)22-7-4-16(25)24-10-5-14(6-11-24)12-23-17(26)15-13-20-8-9-21-15/h8-9,13-14H,4-7,10-12H2,1-3H3,(H,22,27)(H,23,26). The Balaban J connectivity index is 1.62. The second kappa shape index (κ2) is 10.0. The van der Waals surface area contributed by atoms with Gasteiger partial charge in [-0.25, -0.2) is 9.78 Å². The summed E-state index contributed by atoms with van der Waals surface area (Å²) in [6.07, 6.45) is 5.81. The SMILES string of the molecule is CC(C)(C)OC(=O)NCCC(=O)N1CCC(CNC(=O)c2cnccn2)CC1. The minimum Gasteiger partial charge on any atom is -0.444 e. The highest BCUT2D eigenvalue weighted by atomic mass is 16.6. The smallest absolute Gasteiger partial charge is 0.407 e. The number of carbonyl (C=O) groups is 3. The predicted molar refractivity (Wildman–Crippen MR) is 103 cm³/mol. The van der Waals surface area contributed by atoms with Crippen molar-refractivity contribution < 1.29 is 19.1 Å². The first kappa shape index (κ1) is 21.6. The number of aromatic nitrogens is 2. The second-order valence-electron chi connectivity index (χ2n) is 7.80. The number of hydrogen-bond acceptors (Lipinski definition) is 6. The molecule has 2 heterocycles. The van der Waals surface area contributed by atoms with E-state index >= 15 is 0 Å². The van der Waals surface area contributed by atoms with Crippen molar-refractivity contribution in [2.45, 2.75) is 45.6 Å². The number of carbonyl (C=O) groups excluding carboxylic acids is 3. The fourth-order valence-electron chi connectivity index (χ4n) is 2.87. The molecule has 1 saturated heterocycles. The second-order valence-corrected chi connectivity index (χ2v) is 7.80. The number of nitrogens with one attached hydrogen (secondary N) is 2. The van der Waals surface area contributed by atoms with E-state index in [9.17, 15) is 14.4 Å². The van der Waals surface area contributed by atoms with Crippen LogP contribution >= 0.6 is 0 Å². The Morgan fingerprint density at radius 1 is 1.18 bits per heavy atom. The molecule has 0 spiro atoms. The van der Waals surface area contributed by atoms with Crippen LogP contribution in [0.3, 0.4) is 0 Å². The fourth-order valence-corrected chi connectivity index (χ4v) is 2.87. The van der Waals surface area contributed by atoms with Crippen molar-refractivity contribution in [3.8, 4) is 0 Å². The average Bonchev–Trinajstić information content (AvgIpc) is 2.65. The van der Waals surface area contributed by atoms with Crippen LogP contribution in [0.15, 0.2) is 18.6 Å². The van der Waals surface area contributed by atoms with Crippen LogP contribution in [-0.4, -0.2) is 64.6 Å². The van der Waals surface area contributed by atoms with E-state index in [0.29, 0.717) is 31.2 Å². The van der Waals surface area contributed by atoms with Crippen LogP contribution in [0, 0.1) is 5.92 Å². The summed E-state index contributed by atoms with van der Waals surface area (Å²) in [6, 6.07) is 0. The molecule has 0 unspecified atom stereocenters. The lowest BCUT2D eigenvalue weighted by molar-refractivity contribution is -0.132. The van der Waals surface area contributed by atoms with E-state index < -0.39 is 11.7 Å². The van der Waals surface area contributed by atoms with Gasteiger partial charge in [0.25, 0.3) is 5.91 Å². The molecule has 1 aromatic rings. The van der Waals surface area contributed by atoms with Crippen molar-refractivity contribution in [3.05, 3.63) is 24.3 Å². The van der Waals surface area contributed by atoms with E-state index in [1.807, 2.05) is 0 Å². The van der Waals surface area contributed by atoms with Gasteiger partial charge in [0.05, 0.1) is 6.20 Å². The molecule has 0 aromatic carbocycles. The first-order valence-electron chi connectivity index (χ1n) is 9.53. The van der Waals surface area contributed by atoms with Crippen molar-refractivity contribution >= 4 is 17.9 Å². The van der Waals surface area contributed by atoms with Crippen LogP contribution in [0.2, 0.25) is 0 Å². The normalized spacial score (nSPS) is 15.0. The number of piperidine rings is 1. The molecular formula is C19H29N5O4. The molecule has 1 aliphatic rings. The molecule has 1 aromatic heterocycles. The Morgan fingerprint density at radius 2 is 1.89 bits per heavy atom. The lowest BCUT2D eigenvalue weighted by atomic mass is 9.96. The van der Waals surface area contributed by atoms with Gasteiger partial charge < -0.3 is 20.3 Å². The third-order valence-corrected chi connectivity index (χ3v) is 4.32. The van der Waals surface area contributed by atoms with E-state index in [1.54, 1.807) is 25.7 Å². The van der Waals surface area contributed by atoms with Gasteiger partial charge >= 0.3 is 6.09 Å². The zero-order valence-electron chi connectivity index (χ0n) is 16.7. The summed E-state index contributed by atoms with van der Waals surface area (Å²) in [5.74, 6) is 0.0995. The first-order chi connectivity index (χ1) is 13.2. The summed E-state index contributed by atoms with van der Waals surface area (Å²) in [4.78, 5) is 45.5. The number of ether oxygens (including phenoxy) is 1. The van der Waals surface area contributed by atoms with E-state index in [2.05, 4.69) is 20.6 Å². The monoisotopic (exact) mass is 391 g/mol. The van der Waals surface area contributed by atoms with Gasteiger partial charge in [-0.15, -0.1) is 0 Å². The van der Waals surface area contributed by atoms with Gasteiger partial charge in [-0.2, -0.15) is 0 Å². The molecule has 9 nitrogen and oxygen atoms in total. The van der Waals surface area contributed by atoms with E-state index in [1.165, 1.54) is 18.6 Å². The average molecular weight is 391 g/mol. The number of amides is 3. The first-order valence-corrected chi connectivity index (χ1v) is 9.53.